The Hall–Kier alpha value is -1.00. The van der Waals surface area contributed by atoms with Crippen molar-refractivity contribution in [3.63, 3.8) is 0 Å². The maximum atomic E-state index is 10.8. The lowest BCUT2D eigenvalue weighted by atomic mass is 10.0. The van der Waals surface area contributed by atoms with Crippen LogP contribution in [0, 0.1) is 0 Å². The van der Waals surface area contributed by atoms with Crippen molar-refractivity contribution in [2.45, 2.75) is 132 Å². The summed E-state index contributed by atoms with van der Waals surface area (Å²) in [6.45, 7) is 2.27. The van der Waals surface area contributed by atoms with Crippen molar-refractivity contribution in [3.8, 4) is 0 Å². The Bertz CT molecular complexity index is 535. The molecule has 31 heavy (non-hydrogen) atoms. The van der Waals surface area contributed by atoms with Gasteiger partial charge in [0.2, 0.25) is 0 Å². The molecule has 2 N–H and O–H groups in total. The van der Waals surface area contributed by atoms with Crippen LogP contribution in [0.1, 0.15) is 116 Å². The number of unbranched alkanes of at least 4 members (excludes halogenated alkanes) is 12. The minimum absolute atomic E-state index is 0.137. The van der Waals surface area contributed by atoms with Crippen molar-refractivity contribution in [3.05, 3.63) is 30.3 Å². The number of rotatable bonds is 21. The van der Waals surface area contributed by atoms with Gasteiger partial charge in [-0.15, -0.1) is 11.8 Å². The number of carboxylic acid groups (broad SMARTS) is 1. The minimum Gasteiger partial charge on any atom is -0.481 e. The normalized spacial score (nSPS) is 13.2. The van der Waals surface area contributed by atoms with Crippen molar-refractivity contribution in [1.29, 1.82) is 0 Å². The first-order valence-corrected chi connectivity index (χ1v) is 13.6. The second-order valence-corrected chi connectivity index (χ2v) is 10.2. The molecule has 178 valence electrons. The van der Waals surface area contributed by atoms with E-state index in [1.807, 2.05) is 18.2 Å². The van der Waals surface area contributed by atoms with Crippen LogP contribution < -0.4 is 0 Å². The summed E-state index contributed by atoms with van der Waals surface area (Å²) < 4.78 is 0. The average molecular weight is 451 g/mol. The van der Waals surface area contributed by atoms with Crippen LogP contribution in [0.15, 0.2) is 35.2 Å². The van der Waals surface area contributed by atoms with Crippen LogP contribution in [0.5, 0.6) is 0 Å². The van der Waals surface area contributed by atoms with E-state index in [0.717, 1.165) is 12.8 Å². The first-order valence-electron chi connectivity index (χ1n) is 12.7. The van der Waals surface area contributed by atoms with Crippen molar-refractivity contribution in [2.24, 2.45) is 0 Å². The molecule has 2 unspecified atom stereocenters. The molecular formula is C27H46O3S. The van der Waals surface area contributed by atoms with E-state index in [-0.39, 0.29) is 11.7 Å². The van der Waals surface area contributed by atoms with Gasteiger partial charge in [0.25, 0.3) is 0 Å². The molecule has 0 aromatic heterocycles. The highest BCUT2D eigenvalue weighted by atomic mass is 32.2. The monoisotopic (exact) mass is 450 g/mol. The van der Waals surface area contributed by atoms with Crippen molar-refractivity contribution < 1.29 is 15.0 Å². The Kier molecular flexibility index (Phi) is 17.8. The van der Waals surface area contributed by atoms with Crippen LogP contribution in [0.3, 0.4) is 0 Å². The van der Waals surface area contributed by atoms with E-state index >= 15 is 0 Å². The molecular weight excluding hydrogens is 404 g/mol. The van der Waals surface area contributed by atoms with Gasteiger partial charge >= 0.3 is 5.97 Å². The number of aliphatic carboxylic acids is 1. The van der Waals surface area contributed by atoms with Crippen LogP contribution in [0.2, 0.25) is 0 Å². The quantitative estimate of drug-likeness (QED) is 0.146. The SMILES string of the molecule is CCCCCCCCCCCCCCCC(Sc1ccccc1)C(O)CCCC(=O)O. The predicted octanol–water partition coefficient (Wildman–Crippen LogP) is 8.24. The number of hydrogen-bond acceptors (Lipinski definition) is 3. The second kappa shape index (κ2) is 19.7. The highest BCUT2D eigenvalue weighted by molar-refractivity contribution is 8.00. The van der Waals surface area contributed by atoms with Crippen molar-refractivity contribution >= 4 is 17.7 Å². The first kappa shape index (κ1) is 28.0. The summed E-state index contributed by atoms with van der Waals surface area (Å²) in [7, 11) is 0. The molecule has 0 fully saturated rings. The summed E-state index contributed by atoms with van der Waals surface area (Å²) in [5.41, 5.74) is 0. The third-order valence-corrected chi connectivity index (χ3v) is 7.34. The van der Waals surface area contributed by atoms with Crippen LogP contribution >= 0.6 is 11.8 Å². The summed E-state index contributed by atoms with van der Waals surface area (Å²) in [5, 5.41) is 19.7. The number of benzene rings is 1. The molecule has 1 aromatic carbocycles. The number of carbonyl (C=O) groups is 1. The molecule has 0 saturated carbocycles. The van der Waals surface area contributed by atoms with Gasteiger partial charge in [0.15, 0.2) is 0 Å². The molecule has 4 heteroatoms. The highest BCUT2D eigenvalue weighted by Crippen LogP contribution is 2.31. The molecule has 0 spiro atoms. The minimum atomic E-state index is -0.782. The molecule has 0 aliphatic rings. The summed E-state index contributed by atoms with van der Waals surface area (Å²) in [6, 6.07) is 10.2. The van der Waals surface area contributed by atoms with Crippen LogP contribution in [0.25, 0.3) is 0 Å². The Labute approximate surface area is 195 Å². The highest BCUT2D eigenvalue weighted by Gasteiger charge is 2.20. The van der Waals surface area contributed by atoms with E-state index in [2.05, 4.69) is 19.1 Å². The second-order valence-electron chi connectivity index (χ2n) is 8.85. The van der Waals surface area contributed by atoms with E-state index in [1.165, 1.54) is 81.9 Å². The zero-order chi connectivity index (χ0) is 22.6. The molecule has 0 radical (unpaired) electrons. The maximum absolute atomic E-state index is 10.8. The number of aliphatic hydroxyl groups excluding tert-OH is 1. The summed E-state index contributed by atoms with van der Waals surface area (Å²) in [5.74, 6) is -0.782. The zero-order valence-electron chi connectivity index (χ0n) is 19.8. The Morgan fingerprint density at radius 2 is 1.29 bits per heavy atom. The van der Waals surface area contributed by atoms with Crippen molar-refractivity contribution in [1.82, 2.24) is 0 Å². The van der Waals surface area contributed by atoms with E-state index in [9.17, 15) is 9.90 Å². The molecule has 0 amide bonds. The molecule has 1 rings (SSSR count). The zero-order valence-corrected chi connectivity index (χ0v) is 20.6. The smallest absolute Gasteiger partial charge is 0.303 e. The fourth-order valence-corrected chi connectivity index (χ4v) is 5.26. The third kappa shape index (κ3) is 16.3. The van der Waals surface area contributed by atoms with Gasteiger partial charge in [-0.3, -0.25) is 4.79 Å². The topological polar surface area (TPSA) is 57.5 Å². The number of aliphatic hydroxyl groups is 1. The van der Waals surface area contributed by atoms with Gasteiger partial charge in [-0.1, -0.05) is 109 Å². The lowest BCUT2D eigenvalue weighted by molar-refractivity contribution is -0.137. The largest absolute Gasteiger partial charge is 0.481 e. The van der Waals surface area contributed by atoms with Crippen molar-refractivity contribution in [2.75, 3.05) is 0 Å². The lowest BCUT2D eigenvalue weighted by Gasteiger charge is -2.22. The Morgan fingerprint density at radius 3 is 1.81 bits per heavy atom. The molecule has 0 heterocycles. The van der Waals surface area contributed by atoms with E-state index in [4.69, 9.17) is 5.11 Å². The molecule has 2 atom stereocenters. The van der Waals surface area contributed by atoms with Crippen LogP contribution in [0.4, 0.5) is 0 Å². The number of carboxylic acids is 1. The van der Waals surface area contributed by atoms with Crippen LogP contribution in [-0.4, -0.2) is 27.5 Å². The molecule has 0 aliphatic heterocycles. The molecule has 3 nitrogen and oxygen atoms in total. The van der Waals surface area contributed by atoms with Crippen LogP contribution in [-0.2, 0) is 4.79 Å². The predicted molar refractivity (Wildman–Crippen MR) is 134 cm³/mol. The summed E-state index contributed by atoms with van der Waals surface area (Å²) in [6.07, 6.45) is 19.3. The van der Waals surface area contributed by atoms with Gasteiger partial charge in [-0.05, 0) is 31.4 Å². The van der Waals surface area contributed by atoms with Gasteiger partial charge in [0, 0.05) is 16.6 Å². The van der Waals surface area contributed by atoms with Gasteiger partial charge in [0.1, 0.15) is 0 Å². The third-order valence-electron chi connectivity index (χ3n) is 5.94. The summed E-state index contributed by atoms with van der Waals surface area (Å²) in [4.78, 5) is 11.9. The molecule has 0 bridgehead atoms. The van der Waals surface area contributed by atoms with Gasteiger partial charge in [-0.25, -0.2) is 0 Å². The van der Waals surface area contributed by atoms with E-state index < -0.39 is 12.1 Å². The standard InChI is InChI=1S/C27H46O3S/c1-2-3-4-5-6-7-8-9-10-11-12-13-17-22-26(25(28)21-18-23-27(29)30)31-24-19-15-14-16-20-24/h14-16,19-20,25-26,28H,2-13,17-18,21-23H2,1H3,(H,29,30). The molecule has 1 aromatic rings. The maximum Gasteiger partial charge on any atom is 0.303 e. The fourth-order valence-electron chi connectivity index (χ4n) is 4.02. The number of thioether (sulfide) groups is 1. The lowest BCUT2D eigenvalue weighted by Crippen LogP contribution is -2.23. The van der Waals surface area contributed by atoms with Gasteiger partial charge in [-0.2, -0.15) is 0 Å². The Balaban J connectivity index is 2.16. The van der Waals surface area contributed by atoms with Gasteiger partial charge < -0.3 is 10.2 Å². The van der Waals surface area contributed by atoms with E-state index in [0.29, 0.717) is 12.8 Å². The summed E-state index contributed by atoms with van der Waals surface area (Å²) >= 11 is 1.74. The molecule has 0 saturated heterocycles. The Morgan fingerprint density at radius 1 is 0.774 bits per heavy atom. The molecule has 0 aliphatic carbocycles. The average Bonchev–Trinajstić information content (AvgIpc) is 2.76. The first-order chi connectivity index (χ1) is 15.1. The van der Waals surface area contributed by atoms with Gasteiger partial charge in [0.05, 0.1) is 6.10 Å². The fraction of sp³-hybridized carbons (Fsp3) is 0.741. The van der Waals surface area contributed by atoms with E-state index in [1.54, 1.807) is 11.8 Å². The number of hydrogen-bond donors (Lipinski definition) is 2.